The molecule has 21 heavy (non-hydrogen) atoms. The van der Waals surface area contributed by atoms with Crippen LogP contribution in [0.4, 0.5) is 5.69 Å². The van der Waals surface area contributed by atoms with Crippen molar-refractivity contribution in [2.75, 3.05) is 5.32 Å². The number of anilines is 1. The maximum absolute atomic E-state index is 12.4. The van der Waals surface area contributed by atoms with Crippen LogP contribution in [0, 0.1) is 0 Å². The van der Waals surface area contributed by atoms with Gasteiger partial charge in [-0.05, 0) is 30.2 Å². The normalized spacial score (nSPS) is 16.6. The van der Waals surface area contributed by atoms with Gasteiger partial charge in [0.2, 0.25) is 5.91 Å². The number of hydrogen-bond acceptors (Lipinski definition) is 2. The molecule has 2 nitrogen and oxygen atoms in total. The molecule has 3 rings (SSSR count). The molecule has 0 bridgehead atoms. The molecule has 2 aromatic carbocycles. The van der Waals surface area contributed by atoms with Crippen molar-refractivity contribution in [1.82, 2.24) is 0 Å². The average molecular weight is 359 g/mol. The lowest BCUT2D eigenvalue weighted by molar-refractivity contribution is -0.115. The van der Waals surface area contributed by atoms with Gasteiger partial charge in [-0.15, -0.1) is 11.8 Å². The predicted molar refractivity (Wildman–Crippen MR) is 89.9 cm³/mol. The van der Waals surface area contributed by atoms with E-state index in [9.17, 15) is 4.79 Å². The smallest absolute Gasteiger partial charge is 0.238 e. The van der Waals surface area contributed by atoms with E-state index >= 15 is 0 Å². The fourth-order valence-corrected chi connectivity index (χ4v) is 3.95. The number of amides is 1. The highest BCUT2D eigenvalue weighted by atomic mass is 35.5. The highest BCUT2D eigenvalue weighted by Crippen LogP contribution is 2.38. The minimum atomic E-state index is -0.159. The highest BCUT2D eigenvalue weighted by molar-refractivity contribution is 8.01. The summed E-state index contributed by atoms with van der Waals surface area (Å²) in [4.78, 5) is 13.5. The zero-order chi connectivity index (χ0) is 15.0. The van der Waals surface area contributed by atoms with Gasteiger partial charge in [-0.25, -0.2) is 0 Å². The predicted octanol–water partition coefficient (Wildman–Crippen LogP) is 5.30. The fourth-order valence-electron chi connectivity index (χ4n) is 2.16. The molecule has 0 radical (unpaired) electrons. The van der Waals surface area contributed by atoms with E-state index in [2.05, 4.69) is 5.32 Å². The fraction of sp³-hybridized carbons (Fsp3) is 0.133. The molecule has 1 atom stereocenters. The molecule has 108 valence electrons. The molecule has 1 unspecified atom stereocenters. The molecule has 0 spiro atoms. The molecular formula is C15H10Cl3NOS. The topological polar surface area (TPSA) is 29.1 Å². The first-order valence-electron chi connectivity index (χ1n) is 6.24. The lowest BCUT2D eigenvalue weighted by Gasteiger charge is -2.12. The summed E-state index contributed by atoms with van der Waals surface area (Å²) in [5, 5.41) is 3.76. The van der Waals surface area contributed by atoms with Gasteiger partial charge in [0.25, 0.3) is 0 Å². The monoisotopic (exact) mass is 357 g/mol. The van der Waals surface area contributed by atoms with E-state index in [1.54, 1.807) is 17.8 Å². The van der Waals surface area contributed by atoms with Gasteiger partial charge in [0.1, 0.15) is 0 Å². The number of rotatable bonds is 2. The van der Waals surface area contributed by atoms with Gasteiger partial charge in [0, 0.05) is 4.90 Å². The summed E-state index contributed by atoms with van der Waals surface area (Å²) >= 11 is 19.5. The molecule has 6 heteroatoms. The van der Waals surface area contributed by atoms with Crippen molar-refractivity contribution < 1.29 is 4.79 Å². The Morgan fingerprint density at radius 3 is 2.57 bits per heavy atom. The number of carbonyl (C=O) groups is 1. The van der Waals surface area contributed by atoms with Crippen LogP contribution in [0.25, 0.3) is 0 Å². The van der Waals surface area contributed by atoms with Crippen LogP contribution in [-0.2, 0) is 11.2 Å². The average Bonchev–Trinajstić information content (AvgIpc) is 2.88. The summed E-state index contributed by atoms with van der Waals surface area (Å²) < 4.78 is 0. The standard InChI is InChI=1S/C15H10Cl3NOS/c16-9-6-11(18)12(7-10(9)17)19-15(20)14-5-8-3-1-2-4-13(8)21-14/h1-4,6-7,14H,5H2,(H,19,20). The van der Waals surface area contributed by atoms with E-state index < -0.39 is 0 Å². The van der Waals surface area contributed by atoms with Gasteiger partial charge in [-0.1, -0.05) is 53.0 Å². The van der Waals surface area contributed by atoms with Gasteiger partial charge in [-0.2, -0.15) is 0 Å². The minimum absolute atomic E-state index is 0.0866. The molecule has 0 fully saturated rings. The molecule has 2 aromatic rings. The molecule has 1 aliphatic heterocycles. The largest absolute Gasteiger partial charge is 0.324 e. The Morgan fingerprint density at radius 2 is 1.81 bits per heavy atom. The third kappa shape index (κ3) is 3.16. The third-order valence-electron chi connectivity index (χ3n) is 3.21. The maximum atomic E-state index is 12.4. The first-order valence-corrected chi connectivity index (χ1v) is 8.26. The molecular weight excluding hydrogens is 349 g/mol. The van der Waals surface area contributed by atoms with Crippen molar-refractivity contribution in [2.24, 2.45) is 0 Å². The lowest BCUT2D eigenvalue weighted by atomic mass is 10.1. The summed E-state index contributed by atoms with van der Waals surface area (Å²) in [6.45, 7) is 0. The Morgan fingerprint density at radius 1 is 1.10 bits per heavy atom. The minimum Gasteiger partial charge on any atom is -0.324 e. The maximum Gasteiger partial charge on any atom is 0.238 e. The van der Waals surface area contributed by atoms with Crippen molar-refractivity contribution >= 4 is 58.2 Å². The number of thioether (sulfide) groups is 1. The summed E-state index contributed by atoms with van der Waals surface area (Å²) in [5.74, 6) is -0.0866. The van der Waals surface area contributed by atoms with Gasteiger partial charge in [-0.3, -0.25) is 4.79 Å². The van der Waals surface area contributed by atoms with Crippen LogP contribution in [0.2, 0.25) is 15.1 Å². The summed E-state index contributed by atoms with van der Waals surface area (Å²) in [7, 11) is 0. The molecule has 0 aliphatic carbocycles. The zero-order valence-corrected chi connectivity index (χ0v) is 13.8. The Balaban J connectivity index is 1.75. The first kappa shape index (κ1) is 15.0. The van der Waals surface area contributed by atoms with E-state index in [0.29, 0.717) is 27.2 Å². The van der Waals surface area contributed by atoms with Crippen molar-refractivity contribution in [1.29, 1.82) is 0 Å². The molecule has 0 saturated heterocycles. The molecule has 1 aliphatic rings. The van der Waals surface area contributed by atoms with E-state index in [1.807, 2.05) is 24.3 Å². The van der Waals surface area contributed by atoms with E-state index in [-0.39, 0.29) is 11.2 Å². The van der Waals surface area contributed by atoms with Crippen LogP contribution in [0.5, 0.6) is 0 Å². The molecule has 1 N–H and O–H groups in total. The van der Waals surface area contributed by atoms with Crippen molar-refractivity contribution in [3.05, 3.63) is 57.0 Å². The van der Waals surface area contributed by atoms with Crippen molar-refractivity contribution in [2.45, 2.75) is 16.6 Å². The Labute approximate surface area is 141 Å². The summed E-state index contributed by atoms with van der Waals surface area (Å²) in [5.41, 5.74) is 1.68. The van der Waals surface area contributed by atoms with E-state index in [4.69, 9.17) is 34.8 Å². The zero-order valence-electron chi connectivity index (χ0n) is 10.7. The number of halogens is 3. The number of carbonyl (C=O) groups excluding carboxylic acids is 1. The number of nitrogens with one attached hydrogen (secondary N) is 1. The second-order valence-corrected chi connectivity index (χ2v) is 7.12. The third-order valence-corrected chi connectivity index (χ3v) is 5.56. The molecule has 1 heterocycles. The summed E-state index contributed by atoms with van der Waals surface area (Å²) in [6.07, 6.45) is 0.714. The molecule has 0 saturated carbocycles. The van der Waals surface area contributed by atoms with Crippen LogP contribution in [0.3, 0.4) is 0 Å². The van der Waals surface area contributed by atoms with Crippen molar-refractivity contribution in [3.8, 4) is 0 Å². The first-order chi connectivity index (χ1) is 10.0. The second kappa shape index (κ2) is 6.09. The van der Waals surface area contributed by atoms with E-state index in [0.717, 1.165) is 4.90 Å². The highest BCUT2D eigenvalue weighted by Gasteiger charge is 2.28. The van der Waals surface area contributed by atoms with Crippen LogP contribution in [0.15, 0.2) is 41.3 Å². The number of fused-ring (bicyclic) bond motifs is 1. The SMILES string of the molecule is O=C(Nc1cc(Cl)c(Cl)cc1Cl)C1Cc2ccccc2S1. The van der Waals surface area contributed by atoms with Gasteiger partial charge >= 0.3 is 0 Å². The van der Waals surface area contributed by atoms with Crippen LogP contribution in [-0.4, -0.2) is 11.2 Å². The van der Waals surface area contributed by atoms with Gasteiger partial charge in [0.15, 0.2) is 0 Å². The summed E-state index contributed by atoms with van der Waals surface area (Å²) in [6, 6.07) is 11.1. The molecule has 0 aromatic heterocycles. The van der Waals surface area contributed by atoms with Crippen LogP contribution in [0.1, 0.15) is 5.56 Å². The number of hydrogen-bond donors (Lipinski definition) is 1. The Hall–Kier alpha value is -0.870. The van der Waals surface area contributed by atoms with E-state index in [1.165, 1.54) is 11.6 Å². The Bertz CT molecular complexity index is 695. The van der Waals surface area contributed by atoms with Crippen LogP contribution >= 0.6 is 46.6 Å². The van der Waals surface area contributed by atoms with Crippen LogP contribution < -0.4 is 5.32 Å². The number of benzene rings is 2. The van der Waals surface area contributed by atoms with Crippen molar-refractivity contribution in [3.63, 3.8) is 0 Å². The van der Waals surface area contributed by atoms with Gasteiger partial charge < -0.3 is 5.32 Å². The molecule has 1 amide bonds. The quantitative estimate of drug-likeness (QED) is 0.738. The Kier molecular flexibility index (Phi) is 4.36. The second-order valence-electron chi connectivity index (χ2n) is 4.65. The van der Waals surface area contributed by atoms with Gasteiger partial charge in [0.05, 0.1) is 26.0 Å². The lowest BCUT2D eigenvalue weighted by Crippen LogP contribution is -2.24.